The molecule has 150 valence electrons. The highest BCUT2D eigenvalue weighted by Gasteiger charge is 2.60. The number of aliphatic hydroxyl groups is 1. The molecule has 1 atom stereocenters. The quantitative estimate of drug-likeness (QED) is 0.570. The first-order chi connectivity index (χ1) is 13.7. The van der Waals surface area contributed by atoms with Gasteiger partial charge in [0.25, 0.3) is 11.5 Å². The van der Waals surface area contributed by atoms with Gasteiger partial charge in [0.15, 0.2) is 0 Å². The van der Waals surface area contributed by atoms with Gasteiger partial charge in [-0.15, -0.1) is 0 Å². The first-order valence-electron chi connectivity index (χ1n) is 8.40. The maximum absolute atomic E-state index is 13.6. The molecule has 0 bridgehead atoms. The average Bonchev–Trinajstić information content (AvgIpc) is 2.69. The standard InChI is InChI=1S/C21H15ClF3NO3/c22-15-8-6-14(7-9-15)20(28,21(23,24)25)19(27)26-16-10-12-18(13-11-16)29-17-4-2-1-3-5-17/h1-13,28H,(H,26,27). The predicted molar refractivity (Wildman–Crippen MR) is 103 cm³/mol. The van der Waals surface area contributed by atoms with Crippen LogP contribution in [0.4, 0.5) is 18.9 Å². The SMILES string of the molecule is O=C(Nc1ccc(Oc2ccccc2)cc1)C(O)(c1ccc(Cl)cc1)C(F)(F)F. The zero-order chi connectivity index (χ0) is 21.1. The molecule has 3 aromatic rings. The summed E-state index contributed by atoms with van der Waals surface area (Å²) < 4.78 is 46.3. The number of benzene rings is 3. The summed E-state index contributed by atoms with van der Waals surface area (Å²) in [5, 5.41) is 12.6. The van der Waals surface area contributed by atoms with Crippen molar-refractivity contribution in [3.05, 3.63) is 89.4 Å². The van der Waals surface area contributed by atoms with Crippen molar-refractivity contribution < 1.29 is 27.8 Å². The highest BCUT2D eigenvalue weighted by atomic mass is 35.5. The molecule has 0 spiro atoms. The molecule has 0 saturated carbocycles. The van der Waals surface area contributed by atoms with Crippen molar-refractivity contribution in [3.63, 3.8) is 0 Å². The van der Waals surface area contributed by atoms with Crippen LogP contribution in [-0.2, 0) is 10.4 Å². The van der Waals surface area contributed by atoms with Crippen LogP contribution in [-0.4, -0.2) is 17.2 Å². The zero-order valence-electron chi connectivity index (χ0n) is 14.8. The largest absolute Gasteiger partial charge is 0.457 e. The van der Waals surface area contributed by atoms with E-state index in [1.165, 1.54) is 24.3 Å². The topological polar surface area (TPSA) is 58.6 Å². The molecular formula is C21H15ClF3NO3. The molecule has 1 amide bonds. The van der Waals surface area contributed by atoms with E-state index in [0.29, 0.717) is 11.5 Å². The van der Waals surface area contributed by atoms with Crippen molar-refractivity contribution in [2.45, 2.75) is 11.8 Å². The second-order valence-electron chi connectivity index (χ2n) is 6.11. The Morgan fingerprint density at radius 1 is 0.862 bits per heavy atom. The number of carbonyl (C=O) groups excluding carboxylic acids is 1. The van der Waals surface area contributed by atoms with Crippen LogP contribution in [0.5, 0.6) is 11.5 Å². The minimum Gasteiger partial charge on any atom is -0.457 e. The maximum Gasteiger partial charge on any atom is 0.430 e. The van der Waals surface area contributed by atoms with Crippen molar-refractivity contribution in [1.29, 1.82) is 0 Å². The summed E-state index contributed by atoms with van der Waals surface area (Å²) in [7, 11) is 0. The molecular weight excluding hydrogens is 407 g/mol. The molecule has 3 rings (SSSR count). The van der Waals surface area contributed by atoms with E-state index < -0.39 is 23.2 Å². The van der Waals surface area contributed by atoms with Crippen LogP contribution in [0.15, 0.2) is 78.9 Å². The van der Waals surface area contributed by atoms with E-state index in [2.05, 4.69) is 5.32 Å². The van der Waals surface area contributed by atoms with Crippen molar-refractivity contribution in [1.82, 2.24) is 0 Å². The number of hydrogen-bond donors (Lipinski definition) is 2. The lowest BCUT2D eigenvalue weighted by Crippen LogP contribution is -2.52. The Morgan fingerprint density at radius 2 is 1.41 bits per heavy atom. The molecule has 0 aliphatic rings. The molecule has 8 heteroatoms. The van der Waals surface area contributed by atoms with Crippen LogP contribution in [0.1, 0.15) is 5.56 Å². The summed E-state index contributed by atoms with van der Waals surface area (Å²) in [6.07, 6.45) is -5.25. The van der Waals surface area contributed by atoms with Gasteiger partial charge in [-0.3, -0.25) is 4.79 Å². The van der Waals surface area contributed by atoms with Gasteiger partial charge in [-0.1, -0.05) is 41.9 Å². The first kappa shape index (κ1) is 20.7. The number of alkyl halides is 3. The van der Waals surface area contributed by atoms with E-state index >= 15 is 0 Å². The Labute approximate surface area is 169 Å². The van der Waals surface area contributed by atoms with Crippen LogP contribution < -0.4 is 10.1 Å². The van der Waals surface area contributed by atoms with Gasteiger partial charge < -0.3 is 15.2 Å². The number of anilines is 1. The van der Waals surface area contributed by atoms with Crippen molar-refractivity contribution in [3.8, 4) is 11.5 Å². The summed E-state index contributed by atoms with van der Waals surface area (Å²) in [6, 6.07) is 18.8. The number of rotatable bonds is 5. The van der Waals surface area contributed by atoms with Crippen LogP contribution in [0.3, 0.4) is 0 Å². The highest BCUT2D eigenvalue weighted by Crippen LogP contribution is 2.40. The summed E-state index contributed by atoms with van der Waals surface area (Å²) in [4.78, 5) is 12.4. The maximum atomic E-state index is 13.6. The zero-order valence-corrected chi connectivity index (χ0v) is 15.5. The molecule has 4 nitrogen and oxygen atoms in total. The summed E-state index contributed by atoms with van der Waals surface area (Å²) in [6.45, 7) is 0. The minimum absolute atomic E-state index is 0.0621. The number of para-hydroxylation sites is 1. The van der Waals surface area contributed by atoms with Gasteiger partial charge in [-0.25, -0.2) is 0 Å². The van der Waals surface area contributed by atoms with Gasteiger partial charge in [0, 0.05) is 16.3 Å². The van der Waals surface area contributed by atoms with Crippen molar-refractivity contribution >= 4 is 23.2 Å². The third kappa shape index (κ3) is 4.52. The number of carbonyl (C=O) groups is 1. The van der Waals surface area contributed by atoms with Gasteiger partial charge in [0.2, 0.25) is 0 Å². The van der Waals surface area contributed by atoms with Crippen molar-refractivity contribution in [2.24, 2.45) is 0 Å². The van der Waals surface area contributed by atoms with Gasteiger partial charge >= 0.3 is 6.18 Å². The fourth-order valence-electron chi connectivity index (χ4n) is 2.57. The molecule has 0 radical (unpaired) electrons. The number of hydrogen-bond acceptors (Lipinski definition) is 3. The summed E-state index contributed by atoms with van der Waals surface area (Å²) in [5.41, 5.74) is -4.32. The molecule has 1 unspecified atom stereocenters. The lowest BCUT2D eigenvalue weighted by atomic mass is 9.92. The van der Waals surface area contributed by atoms with Crippen LogP contribution >= 0.6 is 11.6 Å². The Hall–Kier alpha value is -3.03. The van der Waals surface area contributed by atoms with Gasteiger partial charge in [-0.2, -0.15) is 13.2 Å². The molecule has 0 heterocycles. The van der Waals surface area contributed by atoms with Gasteiger partial charge in [0.1, 0.15) is 11.5 Å². The molecule has 0 fully saturated rings. The van der Waals surface area contributed by atoms with E-state index in [-0.39, 0.29) is 10.7 Å². The van der Waals surface area contributed by atoms with E-state index in [1.807, 2.05) is 6.07 Å². The summed E-state index contributed by atoms with van der Waals surface area (Å²) >= 11 is 5.68. The Bertz CT molecular complexity index is 977. The molecule has 2 N–H and O–H groups in total. The summed E-state index contributed by atoms with van der Waals surface area (Å²) in [5.74, 6) is -0.625. The smallest absolute Gasteiger partial charge is 0.430 e. The molecule has 29 heavy (non-hydrogen) atoms. The van der Waals surface area contributed by atoms with E-state index in [1.54, 1.807) is 24.3 Å². The lowest BCUT2D eigenvalue weighted by molar-refractivity contribution is -0.254. The van der Waals surface area contributed by atoms with E-state index in [4.69, 9.17) is 16.3 Å². The average molecular weight is 422 g/mol. The van der Waals surface area contributed by atoms with Crippen molar-refractivity contribution in [2.75, 3.05) is 5.32 Å². The lowest BCUT2D eigenvalue weighted by Gasteiger charge is -2.29. The van der Waals surface area contributed by atoms with E-state index in [0.717, 1.165) is 24.3 Å². The second-order valence-corrected chi connectivity index (χ2v) is 6.55. The predicted octanol–water partition coefficient (Wildman–Crippen LogP) is 5.52. The third-order valence-electron chi connectivity index (χ3n) is 4.09. The monoisotopic (exact) mass is 421 g/mol. The van der Waals surface area contributed by atoms with Crippen LogP contribution in [0.25, 0.3) is 0 Å². The molecule has 3 aromatic carbocycles. The number of ether oxygens (including phenoxy) is 1. The van der Waals surface area contributed by atoms with Crippen LogP contribution in [0.2, 0.25) is 5.02 Å². The molecule has 0 aliphatic carbocycles. The second kappa shape index (κ2) is 8.14. The fourth-order valence-corrected chi connectivity index (χ4v) is 2.69. The third-order valence-corrected chi connectivity index (χ3v) is 4.34. The van der Waals surface area contributed by atoms with E-state index in [9.17, 15) is 23.1 Å². The Morgan fingerprint density at radius 3 is 1.97 bits per heavy atom. The Kier molecular flexibility index (Phi) is 5.81. The first-order valence-corrected chi connectivity index (χ1v) is 8.77. The normalized spacial score (nSPS) is 13.4. The number of nitrogens with one attached hydrogen (secondary N) is 1. The van der Waals surface area contributed by atoms with Gasteiger partial charge in [-0.05, 0) is 48.5 Å². The fraction of sp³-hybridized carbons (Fsp3) is 0.0952. The Balaban J connectivity index is 1.80. The highest BCUT2D eigenvalue weighted by molar-refractivity contribution is 6.30. The van der Waals surface area contributed by atoms with Crippen LogP contribution in [0, 0.1) is 0 Å². The molecule has 0 aromatic heterocycles. The number of halogens is 4. The number of amides is 1. The molecule has 0 aliphatic heterocycles. The van der Waals surface area contributed by atoms with Gasteiger partial charge in [0.05, 0.1) is 0 Å². The minimum atomic E-state index is -5.25. The molecule has 0 saturated heterocycles.